The summed E-state index contributed by atoms with van der Waals surface area (Å²) in [6.45, 7) is 0.0810. The topological polar surface area (TPSA) is 59.3 Å². The van der Waals surface area contributed by atoms with E-state index >= 15 is 0 Å². The van der Waals surface area contributed by atoms with Crippen LogP contribution in [0.4, 0.5) is 0 Å². The second-order valence-electron chi connectivity index (χ2n) is 4.65. The number of hydrogen-bond acceptors (Lipinski definition) is 4. The standard InChI is InChI=1S/C18H14ClNO3/c1-22-17-8-4-13(5-9-17)10-15(11-20)18(21)23-12-14-2-6-16(19)7-3-14/h2-10H,12H2,1H3/b15-10+. The van der Waals surface area contributed by atoms with Gasteiger partial charge in [0.15, 0.2) is 0 Å². The summed E-state index contributed by atoms with van der Waals surface area (Å²) in [5.41, 5.74) is 1.44. The van der Waals surface area contributed by atoms with E-state index in [1.165, 1.54) is 6.08 Å². The van der Waals surface area contributed by atoms with Crippen LogP contribution in [0, 0.1) is 11.3 Å². The molecule has 0 fully saturated rings. The Morgan fingerprint density at radius 2 is 1.83 bits per heavy atom. The second-order valence-corrected chi connectivity index (χ2v) is 5.08. The van der Waals surface area contributed by atoms with Crippen LogP contribution in [0.25, 0.3) is 6.08 Å². The van der Waals surface area contributed by atoms with Crippen LogP contribution in [-0.2, 0) is 16.1 Å². The minimum absolute atomic E-state index is 0.0656. The summed E-state index contributed by atoms with van der Waals surface area (Å²) in [6, 6.07) is 15.8. The van der Waals surface area contributed by atoms with E-state index in [0.717, 1.165) is 5.56 Å². The van der Waals surface area contributed by atoms with Crippen molar-refractivity contribution in [3.8, 4) is 11.8 Å². The monoisotopic (exact) mass is 327 g/mol. The number of benzene rings is 2. The minimum Gasteiger partial charge on any atom is -0.497 e. The quantitative estimate of drug-likeness (QED) is 0.473. The van der Waals surface area contributed by atoms with Crippen molar-refractivity contribution in [3.63, 3.8) is 0 Å². The largest absolute Gasteiger partial charge is 0.497 e. The summed E-state index contributed by atoms with van der Waals surface area (Å²) in [5, 5.41) is 9.74. The smallest absolute Gasteiger partial charge is 0.349 e. The predicted octanol–water partition coefficient (Wildman–Crippen LogP) is 4.00. The molecule has 0 bridgehead atoms. The number of halogens is 1. The first-order valence-corrected chi connectivity index (χ1v) is 7.17. The lowest BCUT2D eigenvalue weighted by molar-refractivity contribution is -0.139. The first-order chi connectivity index (χ1) is 11.1. The summed E-state index contributed by atoms with van der Waals surface area (Å²) >= 11 is 5.79. The Bertz CT molecular complexity index is 743. The molecule has 0 saturated carbocycles. The molecule has 0 heterocycles. The van der Waals surface area contributed by atoms with Crippen LogP contribution in [0.1, 0.15) is 11.1 Å². The predicted molar refractivity (Wildman–Crippen MR) is 87.8 cm³/mol. The molecule has 0 saturated heterocycles. The molecule has 2 aromatic carbocycles. The van der Waals surface area contributed by atoms with E-state index in [1.807, 2.05) is 6.07 Å². The Hall–Kier alpha value is -2.77. The zero-order valence-electron chi connectivity index (χ0n) is 12.5. The zero-order valence-corrected chi connectivity index (χ0v) is 13.2. The molecule has 5 heteroatoms. The molecule has 0 aromatic heterocycles. The first-order valence-electron chi connectivity index (χ1n) is 6.80. The maximum absolute atomic E-state index is 12.0. The molecule has 0 aliphatic heterocycles. The lowest BCUT2D eigenvalue weighted by Crippen LogP contribution is -2.06. The van der Waals surface area contributed by atoms with E-state index in [0.29, 0.717) is 16.3 Å². The molecule has 0 aliphatic rings. The maximum atomic E-state index is 12.0. The SMILES string of the molecule is COc1ccc(/C=C(\C#N)C(=O)OCc2ccc(Cl)cc2)cc1. The van der Waals surface area contributed by atoms with E-state index < -0.39 is 5.97 Å². The fourth-order valence-corrected chi connectivity index (χ4v) is 1.94. The molecule has 0 N–H and O–H groups in total. The average molecular weight is 328 g/mol. The lowest BCUT2D eigenvalue weighted by atomic mass is 10.1. The summed E-state index contributed by atoms with van der Waals surface area (Å²) in [5.74, 6) is 0.0317. The molecule has 0 atom stereocenters. The third-order valence-electron chi connectivity index (χ3n) is 3.05. The number of rotatable bonds is 5. The van der Waals surface area contributed by atoms with Gasteiger partial charge in [-0.1, -0.05) is 35.9 Å². The maximum Gasteiger partial charge on any atom is 0.349 e. The van der Waals surface area contributed by atoms with Crippen LogP contribution in [0.3, 0.4) is 0 Å². The average Bonchev–Trinajstić information content (AvgIpc) is 2.59. The number of hydrogen-bond donors (Lipinski definition) is 0. The van der Waals surface area contributed by atoms with E-state index in [9.17, 15) is 4.79 Å². The number of methoxy groups -OCH3 is 1. The summed E-state index contributed by atoms with van der Waals surface area (Å²) in [7, 11) is 1.57. The van der Waals surface area contributed by atoms with Gasteiger partial charge in [-0.2, -0.15) is 5.26 Å². The van der Waals surface area contributed by atoms with Crippen LogP contribution < -0.4 is 4.74 Å². The van der Waals surface area contributed by atoms with Crippen molar-refractivity contribution >= 4 is 23.6 Å². The van der Waals surface area contributed by atoms with Crippen molar-refractivity contribution in [1.29, 1.82) is 5.26 Å². The Labute approximate surface area is 139 Å². The molecule has 4 nitrogen and oxygen atoms in total. The normalized spacial score (nSPS) is 10.7. The highest BCUT2D eigenvalue weighted by molar-refractivity contribution is 6.30. The van der Waals surface area contributed by atoms with Gasteiger partial charge in [0.25, 0.3) is 0 Å². The number of carbonyl (C=O) groups is 1. The number of ether oxygens (including phenoxy) is 2. The third-order valence-corrected chi connectivity index (χ3v) is 3.30. The van der Waals surface area contributed by atoms with Gasteiger partial charge in [-0.05, 0) is 41.5 Å². The molecular formula is C18H14ClNO3. The number of nitriles is 1. The number of carbonyl (C=O) groups excluding carboxylic acids is 1. The fourth-order valence-electron chi connectivity index (χ4n) is 1.81. The summed E-state index contributed by atoms with van der Waals surface area (Å²) in [4.78, 5) is 12.0. The van der Waals surface area contributed by atoms with Gasteiger partial charge >= 0.3 is 5.97 Å². The van der Waals surface area contributed by atoms with Gasteiger partial charge in [0, 0.05) is 5.02 Å². The van der Waals surface area contributed by atoms with Crippen molar-refractivity contribution in [2.45, 2.75) is 6.61 Å². The molecule has 0 amide bonds. The molecule has 0 radical (unpaired) electrons. The van der Waals surface area contributed by atoms with Gasteiger partial charge in [-0.25, -0.2) is 4.79 Å². The summed E-state index contributed by atoms with van der Waals surface area (Å²) < 4.78 is 10.2. The van der Waals surface area contributed by atoms with Crippen LogP contribution in [0.5, 0.6) is 5.75 Å². The Morgan fingerprint density at radius 1 is 1.17 bits per heavy atom. The zero-order chi connectivity index (χ0) is 16.7. The highest BCUT2D eigenvalue weighted by Gasteiger charge is 2.11. The van der Waals surface area contributed by atoms with Crippen molar-refractivity contribution in [2.24, 2.45) is 0 Å². The minimum atomic E-state index is -0.668. The van der Waals surface area contributed by atoms with Crippen LogP contribution in [0.2, 0.25) is 5.02 Å². The van der Waals surface area contributed by atoms with E-state index in [1.54, 1.807) is 55.6 Å². The van der Waals surface area contributed by atoms with Crippen molar-refractivity contribution in [1.82, 2.24) is 0 Å². The second kappa shape index (κ2) is 8.02. The van der Waals surface area contributed by atoms with Gasteiger partial charge in [-0.15, -0.1) is 0 Å². The molecule has 23 heavy (non-hydrogen) atoms. The van der Waals surface area contributed by atoms with Crippen molar-refractivity contribution in [3.05, 3.63) is 70.3 Å². The van der Waals surface area contributed by atoms with E-state index in [4.69, 9.17) is 26.3 Å². The highest BCUT2D eigenvalue weighted by atomic mass is 35.5. The van der Waals surface area contributed by atoms with Gasteiger partial charge in [0.2, 0.25) is 0 Å². The molecule has 0 unspecified atom stereocenters. The molecule has 0 spiro atoms. The molecule has 0 aliphatic carbocycles. The van der Waals surface area contributed by atoms with Crippen molar-refractivity contribution < 1.29 is 14.3 Å². The van der Waals surface area contributed by atoms with E-state index in [-0.39, 0.29) is 12.2 Å². The Balaban J connectivity index is 2.04. The molecule has 116 valence electrons. The molecule has 2 rings (SSSR count). The van der Waals surface area contributed by atoms with Crippen LogP contribution >= 0.6 is 11.6 Å². The van der Waals surface area contributed by atoms with Crippen LogP contribution in [-0.4, -0.2) is 13.1 Å². The van der Waals surface area contributed by atoms with Gasteiger partial charge in [0.05, 0.1) is 7.11 Å². The Morgan fingerprint density at radius 3 is 2.39 bits per heavy atom. The van der Waals surface area contributed by atoms with Crippen LogP contribution in [0.15, 0.2) is 54.1 Å². The Kier molecular flexibility index (Phi) is 5.79. The first kappa shape index (κ1) is 16.6. The van der Waals surface area contributed by atoms with E-state index in [2.05, 4.69) is 0 Å². The fraction of sp³-hybridized carbons (Fsp3) is 0.111. The number of nitrogens with zero attached hydrogens (tertiary/aromatic N) is 1. The van der Waals surface area contributed by atoms with Crippen molar-refractivity contribution in [2.75, 3.05) is 7.11 Å². The number of esters is 1. The lowest BCUT2D eigenvalue weighted by Gasteiger charge is -2.04. The van der Waals surface area contributed by atoms with Gasteiger partial charge in [0.1, 0.15) is 24.0 Å². The summed E-state index contributed by atoms with van der Waals surface area (Å²) in [6.07, 6.45) is 1.48. The third kappa shape index (κ3) is 4.87. The van der Waals surface area contributed by atoms with Gasteiger partial charge < -0.3 is 9.47 Å². The molecule has 2 aromatic rings. The van der Waals surface area contributed by atoms with Gasteiger partial charge in [-0.3, -0.25) is 0 Å². The highest BCUT2D eigenvalue weighted by Crippen LogP contribution is 2.15. The molecular weight excluding hydrogens is 314 g/mol.